The van der Waals surface area contributed by atoms with Crippen LogP contribution in [0.1, 0.15) is 26.3 Å². The first-order valence-electron chi connectivity index (χ1n) is 9.93. The zero-order valence-electron chi connectivity index (χ0n) is 17.7. The van der Waals surface area contributed by atoms with Gasteiger partial charge < -0.3 is 14.2 Å². The number of carbonyl (C=O) groups excluding carboxylic acids is 1. The summed E-state index contributed by atoms with van der Waals surface area (Å²) in [7, 11) is 1.62. The van der Waals surface area contributed by atoms with Crippen LogP contribution in [0.15, 0.2) is 52.4 Å². The Morgan fingerprint density at radius 3 is 2.33 bits per heavy atom. The fourth-order valence-corrected chi connectivity index (χ4v) is 4.00. The molecule has 2 aromatic rings. The largest absolute Gasteiger partial charge is 0.497 e. The van der Waals surface area contributed by atoms with Gasteiger partial charge in [-0.15, -0.1) is 0 Å². The van der Waals surface area contributed by atoms with E-state index in [4.69, 9.17) is 14.2 Å². The van der Waals surface area contributed by atoms with Gasteiger partial charge in [0.15, 0.2) is 5.17 Å². The molecule has 3 rings (SSSR count). The summed E-state index contributed by atoms with van der Waals surface area (Å²) in [5, 5.41) is 0.655. The molecule has 2 aromatic carbocycles. The first-order valence-corrected chi connectivity index (χ1v) is 10.7. The number of aliphatic imine (C=N–C) groups is 1. The normalized spacial score (nSPS) is 16.4. The first kappa shape index (κ1) is 21.8. The van der Waals surface area contributed by atoms with E-state index in [0.29, 0.717) is 35.6 Å². The van der Waals surface area contributed by atoms with Gasteiger partial charge in [-0.25, -0.2) is 4.99 Å². The van der Waals surface area contributed by atoms with Gasteiger partial charge in [-0.1, -0.05) is 0 Å². The summed E-state index contributed by atoms with van der Waals surface area (Å²) in [4.78, 5) is 19.9. The predicted octanol–water partition coefficient (Wildman–Crippen LogP) is 5.12. The highest BCUT2D eigenvalue weighted by Gasteiger charge is 2.32. The topological polar surface area (TPSA) is 60.4 Å². The highest BCUT2D eigenvalue weighted by Crippen LogP contribution is 2.36. The van der Waals surface area contributed by atoms with E-state index in [0.717, 1.165) is 22.7 Å². The Kier molecular flexibility index (Phi) is 7.41. The van der Waals surface area contributed by atoms with Gasteiger partial charge in [0, 0.05) is 18.2 Å². The Labute approximate surface area is 181 Å². The van der Waals surface area contributed by atoms with Crippen LogP contribution in [0.5, 0.6) is 17.2 Å². The van der Waals surface area contributed by atoms with E-state index >= 15 is 0 Å². The van der Waals surface area contributed by atoms with Crippen molar-refractivity contribution in [3.63, 3.8) is 0 Å². The molecule has 7 heteroatoms. The van der Waals surface area contributed by atoms with E-state index in [9.17, 15) is 4.79 Å². The smallest absolute Gasteiger partial charge is 0.266 e. The number of nitrogens with zero attached hydrogens (tertiary/aromatic N) is 2. The number of thioether (sulfide) groups is 1. The summed E-state index contributed by atoms with van der Waals surface area (Å²) >= 11 is 1.36. The number of methoxy groups -OCH3 is 1. The van der Waals surface area contributed by atoms with Crippen LogP contribution in [-0.4, -0.2) is 42.8 Å². The van der Waals surface area contributed by atoms with Crippen LogP contribution in [0, 0.1) is 0 Å². The number of likely N-dealkylation sites (N-methyl/N-ethyl adjacent to an activating group) is 1. The van der Waals surface area contributed by atoms with Crippen LogP contribution < -0.4 is 14.2 Å². The average Bonchev–Trinajstić information content (AvgIpc) is 3.04. The monoisotopic (exact) mass is 426 g/mol. The second-order valence-corrected chi connectivity index (χ2v) is 7.33. The lowest BCUT2D eigenvalue weighted by Gasteiger charge is -2.12. The molecule has 1 saturated heterocycles. The maximum absolute atomic E-state index is 13.0. The lowest BCUT2D eigenvalue weighted by molar-refractivity contribution is -0.122. The molecule has 1 aliphatic rings. The predicted molar refractivity (Wildman–Crippen MR) is 122 cm³/mol. The van der Waals surface area contributed by atoms with E-state index in [2.05, 4.69) is 4.99 Å². The molecular weight excluding hydrogens is 400 g/mol. The minimum Gasteiger partial charge on any atom is -0.497 e. The standard InChI is InChI=1S/C23H26N2O4S/c1-5-25-22(26)21(30-23(25)24-17-9-12-18(27-4)13-10-17)14-16-8-11-19(28-6-2)15-20(16)29-7-3/h8-15H,5-7H2,1-4H3/b21-14+,24-23?. The molecule has 0 atom stereocenters. The minimum absolute atomic E-state index is 0.0638. The maximum Gasteiger partial charge on any atom is 0.266 e. The van der Waals surface area contributed by atoms with Crippen molar-refractivity contribution in [1.82, 2.24) is 4.90 Å². The van der Waals surface area contributed by atoms with Crippen molar-refractivity contribution >= 4 is 34.6 Å². The van der Waals surface area contributed by atoms with Crippen LogP contribution in [-0.2, 0) is 4.79 Å². The Hall–Kier alpha value is -2.93. The van der Waals surface area contributed by atoms with Gasteiger partial charge in [0.25, 0.3) is 5.91 Å². The van der Waals surface area contributed by atoms with E-state index in [1.807, 2.05) is 69.3 Å². The van der Waals surface area contributed by atoms with E-state index in [1.54, 1.807) is 12.0 Å². The third kappa shape index (κ3) is 4.97. The lowest BCUT2D eigenvalue weighted by Crippen LogP contribution is -2.28. The maximum atomic E-state index is 13.0. The Bertz CT molecular complexity index is 954. The van der Waals surface area contributed by atoms with Gasteiger partial charge in [0.2, 0.25) is 0 Å². The molecule has 0 bridgehead atoms. The summed E-state index contributed by atoms with van der Waals surface area (Å²) in [6.45, 7) is 7.45. The number of rotatable bonds is 8. The number of amidine groups is 1. The molecule has 0 spiro atoms. The minimum atomic E-state index is -0.0638. The van der Waals surface area contributed by atoms with E-state index < -0.39 is 0 Å². The van der Waals surface area contributed by atoms with Gasteiger partial charge in [-0.05, 0) is 75.0 Å². The van der Waals surface area contributed by atoms with E-state index in [-0.39, 0.29) is 5.91 Å². The summed E-state index contributed by atoms with van der Waals surface area (Å²) < 4.78 is 16.5. The molecule has 1 fully saturated rings. The third-order valence-electron chi connectivity index (χ3n) is 4.38. The Morgan fingerprint density at radius 1 is 1.00 bits per heavy atom. The highest BCUT2D eigenvalue weighted by molar-refractivity contribution is 8.18. The van der Waals surface area contributed by atoms with Crippen molar-refractivity contribution in [1.29, 1.82) is 0 Å². The molecule has 0 unspecified atom stereocenters. The fraction of sp³-hybridized carbons (Fsp3) is 0.304. The van der Waals surface area contributed by atoms with Gasteiger partial charge in [-0.3, -0.25) is 9.69 Å². The second kappa shape index (κ2) is 10.2. The number of benzene rings is 2. The third-order valence-corrected chi connectivity index (χ3v) is 5.39. The van der Waals surface area contributed by atoms with Gasteiger partial charge in [-0.2, -0.15) is 0 Å². The molecule has 0 N–H and O–H groups in total. The zero-order valence-corrected chi connectivity index (χ0v) is 18.5. The molecule has 0 radical (unpaired) electrons. The van der Waals surface area contributed by atoms with Crippen molar-refractivity contribution in [2.45, 2.75) is 20.8 Å². The quantitative estimate of drug-likeness (QED) is 0.549. The molecule has 0 aliphatic carbocycles. The van der Waals surface area contributed by atoms with Crippen molar-refractivity contribution in [2.24, 2.45) is 4.99 Å². The number of hydrogen-bond donors (Lipinski definition) is 0. The fourth-order valence-electron chi connectivity index (χ4n) is 2.95. The molecule has 1 heterocycles. The summed E-state index contributed by atoms with van der Waals surface area (Å²) in [5.74, 6) is 2.13. The van der Waals surface area contributed by atoms with Crippen molar-refractivity contribution < 1.29 is 19.0 Å². The average molecular weight is 427 g/mol. The van der Waals surface area contributed by atoms with Crippen LogP contribution in [0.25, 0.3) is 6.08 Å². The Morgan fingerprint density at radius 2 is 1.70 bits per heavy atom. The molecule has 0 saturated carbocycles. The summed E-state index contributed by atoms with van der Waals surface area (Å²) in [5.41, 5.74) is 1.60. The lowest BCUT2D eigenvalue weighted by atomic mass is 10.1. The van der Waals surface area contributed by atoms with Crippen LogP contribution in [0.2, 0.25) is 0 Å². The molecule has 1 amide bonds. The van der Waals surface area contributed by atoms with Gasteiger partial charge in [0.05, 0.1) is 30.9 Å². The van der Waals surface area contributed by atoms with Crippen molar-refractivity contribution in [3.05, 3.63) is 52.9 Å². The number of hydrogen-bond acceptors (Lipinski definition) is 6. The van der Waals surface area contributed by atoms with Gasteiger partial charge >= 0.3 is 0 Å². The molecule has 0 aromatic heterocycles. The molecule has 6 nitrogen and oxygen atoms in total. The molecule has 158 valence electrons. The van der Waals surface area contributed by atoms with Crippen molar-refractivity contribution in [2.75, 3.05) is 26.9 Å². The van der Waals surface area contributed by atoms with Crippen LogP contribution in [0.4, 0.5) is 5.69 Å². The SMILES string of the molecule is CCOc1ccc(/C=C2/SC(=Nc3ccc(OC)cc3)N(CC)C2=O)c(OCC)c1. The summed E-state index contributed by atoms with van der Waals surface area (Å²) in [6.07, 6.45) is 1.85. The molecule has 30 heavy (non-hydrogen) atoms. The van der Waals surface area contributed by atoms with Crippen LogP contribution >= 0.6 is 11.8 Å². The number of ether oxygens (including phenoxy) is 3. The van der Waals surface area contributed by atoms with Crippen molar-refractivity contribution in [3.8, 4) is 17.2 Å². The highest BCUT2D eigenvalue weighted by atomic mass is 32.2. The number of amides is 1. The Balaban J connectivity index is 1.92. The molecular formula is C23H26N2O4S. The molecule has 1 aliphatic heterocycles. The first-order chi connectivity index (χ1) is 14.6. The van der Waals surface area contributed by atoms with Crippen LogP contribution in [0.3, 0.4) is 0 Å². The van der Waals surface area contributed by atoms with Gasteiger partial charge in [0.1, 0.15) is 17.2 Å². The summed E-state index contributed by atoms with van der Waals surface area (Å²) in [6, 6.07) is 13.1. The number of carbonyl (C=O) groups is 1. The second-order valence-electron chi connectivity index (χ2n) is 6.32. The zero-order chi connectivity index (χ0) is 21.5. The van der Waals surface area contributed by atoms with E-state index in [1.165, 1.54) is 11.8 Å².